The Morgan fingerprint density at radius 2 is 1.72 bits per heavy atom. The van der Waals surface area contributed by atoms with Gasteiger partial charge in [0.1, 0.15) is 0 Å². The molecule has 162 valence electrons. The molecule has 2 aliphatic rings. The van der Waals surface area contributed by atoms with E-state index in [2.05, 4.69) is 50.1 Å². The van der Waals surface area contributed by atoms with E-state index in [0.29, 0.717) is 14.9 Å². The third kappa shape index (κ3) is 3.78. The van der Waals surface area contributed by atoms with E-state index in [-0.39, 0.29) is 16.9 Å². The first-order chi connectivity index (χ1) is 15.2. The highest BCUT2D eigenvalue weighted by Gasteiger charge is 2.37. The fourth-order valence-electron chi connectivity index (χ4n) is 4.05. The zero-order valence-electron chi connectivity index (χ0n) is 17.9. The van der Waals surface area contributed by atoms with E-state index < -0.39 is 5.97 Å². The number of thiocarbonyl (C=S) groups is 1. The summed E-state index contributed by atoms with van der Waals surface area (Å²) in [5.41, 5.74) is 4.27. The van der Waals surface area contributed by atoms with Gasteiger partial charge in [0, 0.05) is 23.8 Å². The highest BCUT2D eigenvalue weighted by molar-refractivity contribution is 8.27. The molecule has 32 heavy (non-hydrogen) atoms. The number of carbonyl (C=O) groups excluding carboxylic acids is 1. The van der Waals surface area contributed by atoms with Crippen molar-refractivity contribution < 1.29 is 14.7 Å². The van der Waals surface area contributed by atoms with Crippen LogP contribution in [0.25, 0.3) is 0 Å². The number of para-hydroxylation sites is 1. The van der Waals surface area contributed by atoms with Gasteiger partial charge in [-0.05, 0) is 48.0 Å². The number of fused-ring (bicyclic) bond motifs is 1. The molecule has 7 heteroatoms. The molecule has 0 unspecified atom stereocenters. The molecule has 2 aliphatic heterocycles. The van der Waals surface area contributed by atoms with E-state index in [4.69, 9.17) is 17.3 Å². The summed E-state index contributed by atoms with van der Waals surface area (Å²) in [5, 5.41) is 9.05. The number of amides is 1. The summed E-state index contributed by atoms with van der Waals surface area (Å²) in [6.07, 6.45) is 7.62. The van der Waals surface area contributed by atoms with Crippen molar-refractivity contribution in [3.63, 3.8) is 0 Å². The van der Waals surface area contributed by atoms with Crippen molar-refractivity contribution in [2.45, 2.75) is 19.3 Å². The van der Waals surface area contributed by atoms with E-state index in [1.54, 1.807) is 18.2 Å². The summed E-state index contributed by atoms with van der Waals surface area (Å²) < 4.78 is 0.420. The zero-order chi connectivity index (χ0) is 23.0. The van der Waals surface area contributed by atoms with Crippen molar-refractivity contribution in [3.8, 4) is 0 Å². The fourth-order valence-corrected chi connectivity index (χ4v) is 5.30. The Hall–Kier alpha value is -3.16. The predicted octanol–water partition coefficient (Wildman–Crippen LogP) is 5.50. The molecule has 0 spiro atoms. The number of carbonyl (C=O) groups is 2. The molecule has 0 aliphatic carbocycles. The second kappa shape index (κ2) is 8.41. The molecule has 0 bridgehead atoms. The number of hydrogen-bond acceptors (Lipinski definition) is 5. The Bertz CT molecular complexity index is 1210. The van der Waals surface area contributed by atoms with Gasteiger partial charge in [-0.2, -0.15) is 0 Å². The van der Waals surface area contributed by atoms with Gasteiger partial charge in [-0.3, -0.25) is 9.69 Å². The van der Waals surface area contributed by atoms with Crippen molar-refractivity contribution in [1.82, 2.24) is 0 Å². The minimum absolute atomic E-state index is 0.110. The number of hydrogen-bond donors (Lipinski definition) is 1. The fraction of sp³-hybridized carbons (Fsp3) is 0.160. The van der Waals surface area contributed by atoms with E-state index in [0.717, 1.165) is 0 Å². The SMILES string of the molecule is CN1C(=CC=CC=C2SC(=S)N(c3ccc(C(=O)O)cc3)C2=O)C(C)(C)c2ccccc21. The maximum Gasteiger partial charge on any atom is 0.335 e. The molecule has 2 aromatic carbocycles. The van der Waals surface area contributed by atoms with E-state index in [1.165, 1.54) is 45.7 Å². The van der Waals surface area contributed by atoms with Crippen LogP contribution in [-0.2, 0) is 10.2 Å². The third-order valence-corrected chi connectivity index (χ3v) is 7.04. The van der Waals surface area contributed by atoms with Crippen LogP contribution in [0.15, 0.2) is 83.4 Å². The number of allylic oxidation sites excluding steroid dienone is 5. The van der Waals surface area contributed by atoms with Gasteiger partial charge >= 0.3 is 5.97 Å². The molecule has 1 fully saturated rings. The van der Waals surface area contributed by atoms with Gasteiger partial charge in [0.05, 0.1) is 16.2 Å². The van der Waals surface area contributed by atoms with Gasteiger partial charge in [-0.15, -0.1) is 0 Å². The summed E-state index contributed by atoms with van der Waals surface area (Å²) >= 11 is 6.61. The van der Waals surface area contributed by atoms with Crippen molar-refractivity contribution in [1.29, 1.82) is 0 Å². The first-order valence-corrected chi connectivity index (χ1v) is 11.3. The monoisotopic (exact) mass is 462 g/mol. The van der Waals surface area contributed by atoms with E-state index in [1.807, 2.05) is 18.2 Å². The Morgan fingerprint density at radius 3 is 2.38 bits per heavy atom. The summed E-state index contributed by atoms with van der Waals surface area (Å²) in [6.45, 7) is 4.41. The number of nitrogens with zero attached hydrogens (tertiary/aromatic N) is 2. The maximum atomic E-state index is 12.9. The quantitative estimate of drug-likeness (QED) is 0.478. The zero-order valence-corrected chi connectivity index (χ0v) is 19.5. The summed E-state index contributed by atoms with van der Waals surface area (Å²) in [7, 11) is 2.06. The highest BCUT2D eigenvalue weighted by atomic mass is 32.2. The average Bonchev–Trinajstić information content (AvgIpc) is 3.15. The standard InChI is InChI=1S/C25H22N2O3S2/c1-25(2)18-8-4-5-9-19(18)26(3)21(25)11-7-6-10-20-22(28)27(24(31)32-20)17-14-12-16(13-15-17)23(29)30/h4-15H,1-3H3,(H,29,30). The van der Waals surface area contributed by atoms with Crippen molar-refractivity contribution in [2.24, 2.45) is 0 Å². The number of thioether (sulfide) groups is 1. The lowest BCUT2D eigenvalue weighted by atomic mass is 9.84. The van der Waals surface area contributed by atoms with Crippen molar-refractivity contribution in [3.05, 3.63) is 94.6 Å². The van der Waals surface area contributed by atoms with Crippen LogP contribution >= 0.6 is 24.0 Å². The average molecular weight is 463 g/mol. The molecule has 1 amide bonds. The summed E-state index contributed by atoms with van der Waals surface area (Å²) in [4.78, 5) is 28.1. The van der Waals surface area contributed by atoms with Crippen LogP contribution in [-0.4, -0.2) is 28.4 Å². The van der Waals surface area contributed by atoms with Gasteiger partial charge in [-0.1, -0.05) is 68.2 Å². The molecule has 4 rings (SSSR count). The second-order valence-corrected chi connectivity index (χ2v) is 9.71. The Kier molecular flexibility index (Phi) is 5.79. The van der Waals surface area contributed by atoms with Crippen molar-refractivity contribution in [2.75, 3.05) is 16.8 Å². The second-order valence-electron chi connectivity index (χ2n) is 8.03. The molecule has 2 aromatic rings. The predicted molar refractivity (Wildman–Crippen MR) is 134 cm³/mol. The molecule has 0 radical (unpaired) electrons. The number of likely N-dealkylation sites (N-methyl/N-ethyl adjacent to an activating group) is 1. The summed E-state index contributed by atoms with van der Waals surface area (Å²) in [6, 6.07) is 14.5. The topological polar surface area (TPSA) is 60.9 Å². The van der Waals surface area contributed by atoms with Crippen LogP contribution in [0.2, 0.25) is 0 Å². The maximum absolute atomic E-state index is 12.9. The highest BCUT2D eigenvalue weighted by Crippen LogP contribution is 2.46. The number of carboxylic acids is 1. The Morgan fingerprint density at radius 1 is 1.06 bits per heavy atom. The molecule has 0 saturated carbocycles. The Labute approximate surface area is 196 Å². The number of anilines is 2. The lowest BCUT2D eigenvalue weighted by Gasteiger charge is -2.23. The smallest absolute Gasteiger partial charge is 0.335 e. The number of rotatable bonds is 4. The Balaban J connectivity index is 1.52. The largest absolute Gasteiger partial charge is 0.478 e. The number of carboxylic acid groups (broad SMARTS) is 1. The molecule has 2 heterocycles. The molecule has 5 nitrogen and oxygen atoms in total. The number of benzene rings is 2. The first-order valence-electron chi connectivity index (χ1n) is 10.0. The lowest BCUT2D eigenvalue weighted by molar-refractivity contribution is -0.113. The molecule has 0 aromatic heterocycles. The molecule has 1 N–H and O–H groups in total. The van der Waals surface area contributed by atoms with Crippen LogP contribution < -0.4 is 9.80 Å². The van der Waals surface area contributed by atoms with Gasteiger partial charge < -0.3 is 10.0 Å². The van der Waals surface area contributed by atoms with Crippen LogP contribution in [0, 0.1) is 0 Å². The summed E-state index contributed by atoms with van der Waals surface area (Å²) in [5.74, 6) is -1.23. The van der Waals surface area contributed by atoms with Crippen LogP contribution in [0.4, 0.5) is 11.4 Å². The molecular weight excluding hydrogens is 440 g/mol. The molecule has 0 atom stereocenters. The van der Waals surface area contributed by atoms with Crippen LogP contribution in [0.3, 0.4) is 0 Å². The molecular formula is C25H22N2O3S2. The van der Waals surface area contributed by atoms with Crippen LogP contribution in [0.1, 0.15) is 29.8 Å². The van der Waals surface area contributed by atoms with E-state index >= 15 is 0 Å². The van der Waals surface area contributed by atoms with Gasteiger partial charge in [-0.25, -0.2) is 4.79 Å². The van der Waals surface area contributed by atoms with Crippen molar-refractivity contribution >= 4 is 51.6 Å². The van der Waals surface area contributed by atoms with Crippen LogP contribution in [0.5, 0.6) is 0 Å². The van der Waals surface area contributed by atoms with E-state index in [9.17, 15) is 9.59 Å². The minimum atomic E-state index is -1.01. The first kappa shape index (κ1) is 22.0. The normalized spacial score (nSPS) is 20.1. The minimum Gasteiger partial charge on any atom is -0.478 e. The molecule has 1 saturated heterocycles. The van der Waals surface area contributed by atoms with Gasteiger partial charge in [0.25, 0.3) is 5.91 Å². The number of aromatic carboxylic acids is 1. The van der Waals surface area contributed by atoms with Gasteiger partial charge in [0.15, 0.2) is 4.32 Å². The lowest BCUT2D eigenvalue weighted by Crippen LogP contribution is -2.27. The van der Waals surface area contributed by atoms with Gasteiger partial charge in [0.2, 0.25) is 0 Å². The third-order valence-electron chi connectivity index (χ3n) is 5.72.